The van der Waals surface area contributed by atoms with Crippen molar-refractivity contribution in [2.75, 3.05) is 32.1 Å². The van der Waals surface area contributed by atoms with Crippen LogP contribution in [-0.4, -0.2) is 49.7 Å². The minimum Gasteiger partial charge on any atom is -0.497 e. The number of esters is 1. The van der Waals surface area contributed by atoms with Crippen LogP contribution in [0.1, 0.15) is 57.4 Å². The van der Waals surface area contributed by atoms with Crippen LogP contribution in [0.2, 0.25) is 0 Å². The van der Waals surface area contributed by atoms with Crippen LogP contribution in [0.15, 0.2) is 18.2 Å². The number of fused-ring (bicyclic) bond motifs is 3. The normalized spacial score (nSPS) is 26.6. The van der Waals surface area contributed by atoms with Gasteiger partial charge < -0.3 is 24.7 Å². The molecule has 2 aliphatic rings. The molecule has 0 spiro atoms. The monoisotopic (exact) mass is 428 g/mol. The lowest BCUT2D eigenvalue weighted by atomic mass is 9.65. The summed E-state index contributed by atoms with van der Waals surface area (Å²) < 4.78 is 10.5. The van der Waals surface area contributed by atoms with E-state index < -0.39 is 5.97 Å². The Morgan fingerprint density at radius 3 is 2.74 bits per heavy atom. The fourth-order valence-corrected chi connectivity index (χ4v) is 6.13. The first-order valence-corrected chi connectivity index (χ1v) is 11.1. The van der Waals surface area contributed by atoms with E-state index in [1.54, 1.807) is 14.0 Å². The minimum absolute atomic E-state index is 0.0850. The number of aromatic nitrogens is 1. The molecule has 2 bridgehead atoms. The molecule has 1 unspecified atom stereocenters. The zero-order valence-corrected chi connectivity index (χ0v) is 19.2. The summed E-state index contributed by atoms with van der Waals surface area (Å²) in [6.45, 7) is 10.5. The second-order valence-electron chi connectivity index (χ2n) is 10.3. The molecule has 7 heteroatoms. The van der Waals surface area contributed by atoms with Crippen molar-refractivity contribution in [3.05, 3.63) is 23.9 Å². The minimum atomic E-state index is -0.480. The fourth-order valence-electron chi connectivity index (χ4n) is 6.13. The second kappa shape index (κ2) is 7.86. The summed E-state index contributed by atoms with van der Waals surface area (Å²) >= 11 is 0. The number of likely N-dealkylation sites (tertiary alicyclic amines) is 1. The number of aromatic amines is 1. The Morgan fingerprint density at radius 1 is 1.26 bits per heavy atom. The number of ether oxygens (including phenoxy) is 2. The van der Waals surface area contributed by atoms with E-state index in [1.807, 2.05) is 18.2 Å². The first-order chi connectivity index (χ1) is 14.6. The van der Waals surface area contributed by atoms with Gasteiger partial charge in [-0.2, -0.15) is 0 Å². The number of amides is 1. The predicted octanol–water partition coefficient (Wildman–Crippen LogP) is 2.78. The van der Waals surface area contributed by atoms with Crippen molar-refractivity contribution in [2.45, 2.75) is 53.0 Å². The summed E-state index contributed by atoms with van der Waals surface area (Å²) in [5.74, 6) is 0.0938. The molecule has 168 valence electrons. The maximum Gasteiger partial charge on any atom is 0.356 e. The summed E-state index contributed by atoms with van der Waals surface area (Å²) in [6, 6.07) is 5.98. The van der Waals surface area contributed by atoms with Gasteiger partial charge in [-0.05, 0) is 37.0 Å². The molecule has 1 aliphatic carbocycles. The SMILES string of the molecule is CCOC(=O)c1[nH]c2ccc(OC)cc2c1NC(=O)C[NH+]1C[C@@]2(C)C[C@@H]1CC(C)(C)C2. The van der Waals surface area contributed by atoms with Crippen LogP contribution in [-0.2, 0) is 9.53 Å². The molecule has 7 nitrogen and oxygen atoms in total. The number of methoxy groups -OCH3 is 1. The molecule has 4 rings (SSSR count). The number of carbonyl (C=O) groups is 2. The number of anilines is 1. The van der Waals surface area contributed by atoms with E-state index in [2.05, 4.69) is 31.1 Å². The highest BCUT2D eigenvalue weighted by atomic mass is 16.5. The molecular formula is C24H34N3O4+. The lowest BCUT2D eigenvalue weighted by Crippen LogP contribution is -3.15. The zero-order valence-electron chi connectivity index (χ0n) is 19.2. The molecule has 2 heterocycles. The van der Waals surface area contributed by atoms with Crippen LogP contribution in [0.5, 0.6) is 5.75 Å². The van der Waals surface area contributed by atoms with Crippen LogP contribution in [0.3, 0.4) is 0 Å². The molecule has 3 N–H and O–H groups in total. The number of benzene rings is 1. The average Bonchev–Trinajstić information content (AvgIpc) is 3.14. The summed E-state index contributed by atoms with van der Waals surface area (Å²) in [5.41, 5.74) is 2.09. The molecule has 1 amide bonds. The summed E-state index contributed by atoms with van der Waals surface area (Å²) in [4.78, 5) is 30.1. The van der Waals surface area contributed by atoms with Gasteiger partial charge in [-0.15, -0.1) is 0 Å². The Morgan fingerprint density at radius 2 is 2.03 bits per heavy atom. The molecule has 31 heavy (non-hydrogen) atoms. The zero-order chi connectivity index (χ0) is 22.4. The first kappa shape index (κ1) is 21.7. The van der Waals surface area contributed by atoms with Crippen molar-refractivity contribution < 1.29 is 24.0 Å². The number of quaternary nitrogens is 1. The lowest BCUT2D eigenvalue weighted by molar-refractivity contribution is -0.906. The summed E-state index contributed by atoms with van der Waals surface area (Å²) in [6.07, 6.45) is 3.53. The molecule has 3 atom stereocenters. The lowest BCUT2D eigenvalue weighted by Gasteiger charge is -2.37. The van der Waals surface area contributed by atoms with Gasteiger partial charge in [0, 0.05) is 29.2 Å². The second-order valence-corrected chi connectivity index (χ2v) is 10.3. The van der Waals surface area contributed by atoms with Gasteiger partial charge in [0.1, 0.15) is 11.4 Å². The maximum absolute atomic E-state index is 13.1. The van der Waals surface area contributed by atoms with Gasteiger partial charge in [0.2, 0.25) is 0 Å². The first-order valence-electron chi connectivity index (χ1n) is 11.1. The molecular weight excluding hydrogens is 394 g/mol. The van der Waals surface area contributed by atoms with E-state index in [0.29, 0.717) is 34.9 Å². The van der Waals surface area contributed by atoms with Crippen molar-refractivity contribution in [2.24, 2.45) is 10.8 Å². The Bertz CT molecular complexity index is 1010. The van der Waals surface area contributed by atoms with E-state index in [1.165, 1.54) is 17.7 Å². The predicted molar refractivity (Wildman–Crippen MR) is 120 cm³/mol. The standard InChI is InChI=1S/C24H33N3O4/c1-6-31-22(29)21-20(17-9-16(30-5)7-8-18(17)25-21)26-19(28)12-27-14-24(4)11-15(27)10-23(2,3)13-24/h7-9,15,25H,6,10-14H2,1-5H3,(H,26,28)/p+1/t15-,24-/m0/s1. The number of rotatable bonds is 6. The van der Waals surface area contributed by atoms with E-state index in [0.717, 1.165) is 23.9 Å². The van der Waals surface area contributed by atoms with Crippen molar-refractivity contribution >= 4 is 28.5 Å². The van der Waals surface area contributed by atoms with Gasteiger partial charge in [-0.3, -0.25) is 4.79 Å². The summed E-state index contributed by atoms with van der Waals surface area (Å²) in [5, 5.41) is 3.75. The Balaban J connectivity index is 1.58. The van der Waals surface area contributed by atoms with E-state index in [-0.39, 0.29) is 18.2 Å². The molecule has 1 aliphatic heterocycles. The van der Waals surface area contributed by atoms with Crippen LogP contribution >= 0.6 is 0 Å². The molecule has 2 aromatic rings. The van der Waals surface area contributed by atoms with Gasteiger partial charge in [0.15, 0.2) is 6.54 Å². The number of hydrogen-bond donors (Lipinski definition) is 3. The van der Waals surface area contributed by atoms with Crippen molar-refractivity contribution in [1.82, 2.24) is 4.98 Å². The molecule has 1 aromatic heterocycles. The Labute approximate surface area is 183 Å². The molecule has 2 fully saturated rings. The van der Waals surface area contributed by atoms with E-state index >= 15 is 0 Å². The van der Waals surface area contributed by atoms with E-state index in [4.69, 9.17) is 9.47 Å². The highest BCUT2D eigenvalue weighted by Gasteiger charge is 2.53. The van der Waals surface area contributed by atoms with Gasteiger partial charge in [-0.1, -0.05) is 20.8 Å². The van der Waals surface area contributed by atoms with Crippen molar-refractivity contribution in [1.29, 1.82) is 0 Å². The van der Waals surface area contributed by atoms with E-state index in [9.17, 15) is 9.59 Å². The number of carbonyl (C=O) groups excluding carboxylic acids is 2. The largest absolute Gasteiger partial charge is 0.497 e. The third-order valence-electron chi connectivity index (χ3n) is 6.81. The third-order valence-corrected chi connectivity index (χ3v) is 6.81. The van der Waals surface area contributed by atoms with Gasteiger partial charge >= 0.3 is 5.97 Å². The summed E-state index contributed by atoms with van der Waals surface area (Å²) in [7, 11) is 1.59. The molecule has 1 saturated carbocycles. The third kappa shape index (κ3) is 4.28. The van der Waals surface area contributed by atoms with Gasteiger partial charge in [0.05, 0.1) is 32.0 Å². The average molecular weight is 429 g/mol. The Kier molecular flexibility index (Phi) is 5.50. The topological polar surface area (TPSA) is 84.9 Å². The number of nitrogens with one attached hydrogen (secondary N) is 3. The van der Waals surface area contributed by atoms with Gasteiger partial charge in [0.25, 0.3) is 5.91 Å². The Hall–Kier alpha value is -2.54. The van der Waals surface area contributed by atoms with Crippen LogP contribution in [0, 0.1) is 10.8 Å². The quantitative estimate of drug-likeness (QED) is 0.618. The van der Waals surface area contributed by atoms with Crippen molar-refractivity contribution in [3.63, 3.8) is 0 Å². The van der Waals surface area contributed by atoms with Gasteiger partial charge in [-0.25, -0.2) is 4.79 Å². The number of H-pyrrole nitrogens is 1. The van der Waals surface area contributed by atoms with Crippen LogP contribution < -0.4 is 15.0 Å². The van der Waals surface area contributed by atoms with Crippen LogP contribution in [0.4, 0.5) is 5.69 Å². The highest BCUT2D eigenvalue weighted by Crippen LogP contribution is 2.47. The van der Waals surface area contributed by atoms with Crippen LogP contribution in [0.25, 0.3) is 10.9 Å². The highest BCUT2D eigenvalue weighted by molar-refractivity contribution is 6.11. The smallest absolute Gasteiger partial charge is 0.356 e. The van der Waals surface area contributed by atoms with Crippen molar-refractivity contribution in [3.8, 4) is 5.75 Å². The molecule has 0 radical (unpaired) electrons. The molecule has 1 saturated heterocycles. The maximum atomic E-state index is 13.1. The fraction of sp³-hybridized carbons (Fsp3) is 0.583. The number of hydrogen-bond acceptors (Lipinski definition) is 4. The molecule has 1 aromatic carbocycles.